The van der Waals surface area contributed by atoms with Crippen LogP contribution in [0.3, 0.4) is 0 Å². The van der Waals surface area contributed by atoms with Crippen LogP contribution in [-0.4, -0.2) is 26.7 Å². The first kappa shape index (κ1) is 24.2. The molecule has 3 aromatic carbocycles. The number of aryl methyl sites for hydroxylation is 2. The van der Waals surface area contributed by atoms with Crippen molar-refractivity contribution in [1.82, 2.24) is 0 Å². The number of ether oxygens (including phenoxy) is 3. The molecule has 0 unspecified atom stereocenters. The second-order valence-electron chi connectivity index (χ2n) is 7.95. The summed E-state index contributed by atoms with van der Waals surface area (Å²) in [6.45, 7) is 3.48. The number of fused-ring (bicyclic) bond motifs is 1. The van der Waals surface area contributed by atoms with Gasteiger partial charge in [-0.15, -0.1) is 0 Å². The van der Waals surface area contributed by atoms with E-state index in [1.165, 1.54) is 20.3 Å². The first-order valence-corrected chi connectivity index (χ1v) is 11.2. The van der Waals surface area contributed by atoms with E-state index in [0.29, 0.717) is 33.4 Å². The van der Waals surface area contributed by atoms with Gasteiger partial charge >= 0.3 is 0 Å². The van der Waals surface area contributed by atoms with Crippen molar-refractivity contribution in [2.75, 3.05) is 26.1 Å². The third-order valence-corrected chi connectivity index (χ3v) is 5.70. The van der Waals surface area contributed by atoms with Crippen LogP contribution in [-0.2, 0) is 4.79 Å². The number of benzene rings is 3. The number of anilines is 1. The Balaban J connectivity index is 1.73. The Morgan fingerprint density at radius 1 is 0.971 bits per heavy atom. The minimum atomic E-state index is -0.446. The number of hydrogen-bond acceptors (Lipinski definition) is 6. The van der Waals surface area contributed by atoms with E-state index in [9.17, 15) is 9.59 Å². The highest BCUT2D eigenvalue weighted by atomic mass is 35.5. The van der Waals surface area contributed by atoms with Gasteiger partial charge < -0.3 is 23.9 Å². The van der Waals surface area contributed by atoms with Gasteiger partial charge in [0.1, 0.15) is 5.58 Å². The van der Waals surface area contributed by atoms with Gasteiger partial charge in [-0.25, -0.2) is 0 Å². The van der Waals surface area contributed by atoms with Crippen molar-refractivity contribution in [3.63, 3.8) is 0 Å². The summed E-state index contributed by atoms with van der Waals surface area (Å²) in [6, 6.07) is 15.5. The van der Waals surface area contributed by atoms with Gasteiger partial charge in [-0.1, -0.05) is 29.3 Å². The lowest BCUT2D eigenvalue weighted by Gasteiger charge is -2.14. The van der Waals surface area contributed by atoms with Gasteiger partial charge in [0.25, 0.3) is 5.91 Å². The molecule has 35 heavy (non-hydrogen) atoms. The lowest BCUT2D eigenvalue weighted by atomic mass is 10.1. The van der Waals surface area contributed by atoms with Gasteiger partial charge in [0.15, 0.2) is 23.9 Å². The molecular weight excluding hydrogens is 470 g/mol. The summed E-state index contributed by atoms with van der Waals surface area (Å²) in [6.07, 6.45) is 0. The highest BCUT2D eigenvalue weighted by molar-refractivity contribution is 6.31. The van der Waals surface area contributed by atoms with Gasteiger partial charge in [0, 0.05) is 16.3 Å². The summed E-state index contributed by atoms with van der Waals surface area (Å²) in [5.41, 5.74) is 3.07. The molecule has 8 heteroatoms. The topological polar surface area (TPSA) is 87.0 Å². The van der Waals surface area contributed by atoms with Crippen LogP contribution < -0.4 is 25.0 Å². The van der Waals surface area contributed by atoms with Gasteiger partial charge in [-0.2, -0.15) is 0 Å². The monoisotopic (exact) mass is 493 g/mol. The van der Waals surface area contributed by atoms with E-state index in [2.05, 4.69) is 5.32 Å². The summed E-state index contributed by atoms with van der Waals surface area (Å²) in [4.78, 5) is 26.0. The fraction of sp³-hybridized carbons (Fsp3) is 0.185. The Kier molecular flexibility index (Phi) is 6.98. The van der Waals surface area contributed by atoms with Crippen LogP contribution in [0.5, 0.6) is 17.2 Å². The SMILES string of the molecule is COc1ccc(-c2oc3ccc(Cl)cc3c(=O)c2OCC(=O)Nc2ccc(C)cc2C)cc1OC. The fourth-order valence-electron chi connectivity index (χ4n) is 3.73. The largest absolute Gasteiger partial charge is 0.493 e. The first-order valence-electron chi connectivity index (χ1n) is 10.8. The first-order chi connectivity index (χ1) is 16.8. The molecule has 1 heterocycles. The third kappa shape index (κ3) is 5.10. The standard InChI is InChI=1S/C27H24ClNO6/c1-15-5-8-20(16(2)11-15)29-24(30)14-34-27-25(31)19-13-18(28)7-10-21(19)35-26(27)17-6-9-22(32-3)23(12-17)33-4/h5-13H,14H2,1-4H3,(H,29,30). The summed E-state index contributed by atoms with van der Waals surface area (Å²) in [5, 5.41) is 3.43. The lowest BCUT2D eigenvalue weighted by molar-refractivity contribution is -0.118. The highest BCUT2D eigenvalue weighted by Crippen LogP contribution is 2.37. The zero-order valence-corrected chi connectivity index (χ0v) is 20.5. The second kappa shape index (κ2) is 10.1. The fourth-order valence-corrected chi connectivity index (χ4v) is 3.90. The Morgan fingerprint density at radius 2 is 1.74 bits per heavy atom. The second-order valence-corrected chi connectivity index (χ2v) is 8.39. The van der Waals surface area contributed by atoms with Crippen molar-refractivity contribution in [2.45, 2.75) is 13.8 Å². The van der Waals surface area contributed by atoms with Crippen LogP contribution in [0.15, 0.2) is 63.8 Å². The van der Waals surface area contributed by atoms with Crippen LogP contribution in [0.4, 0.5) is 5.69 Å². The molecule has 0 aliphatic heterocycles. The van der Waals surface area contributed by atoms with Crippen LogP contribution in [0.25, 0.3) is 22.3 Å². The Morgan fingerprint density at radius 3 is 2.46 bits per heavy atom. The molecule has 0 aliphatic carbocycles. The van der Waals surface area contributed by atoms with Gasteiger partial charge in [-0.05, 0) is 61.9 Å². The smallest absolute Gasteiger partial charge is 0.262 e. The number of carbonyl (C=O) groups excluding carboxylic acids is 1. The zero-order chi connectivity index (χ0) is 25.1. The van der Waals surface area contributed by atoms with E-state index < -0.39 is 17.9 Å². The summed E-state index contributed by atoms with van der Waals surface area (Å²) in [7, 11) is 3.04. The molecule has 0 fully saturated rings. The van der Waals surface area contributed by atoms with Crippen molar-refractivity contribution in [2.24, 2.45) is 0 Å². The molecule has 1 amide bonds. The number of carbonyl (C=O) groups is 1. The van der Waals surface area contributed by atoms with Crippen molar-refractivity contribution < 1.29 is 23.4 Å². The third-order valence-electron chi connectivity index (χ3n) is 5.46. The Hall–Kier alpha value is -3.97. The zero-order valence-electron chi connectivity index (χ0n) is 19.7. The summed E-state index contributed by atoms with van der Waals surface area (Å²) < 4.78 is 22.5. The van der Waals surface area contributed by atoms with Crippen molar-refractivity contribution in [3.05, 3.63) is 81.0 Å². The van der Waals surface area contributed by atoms with E-state index in [0.717, 1.165) is 11.1 Å². The minimum absolute atomic E-state index is 0.109. The van der Waals surface area contributed by atoms with E-state index >= 15 is 0 Å². The number of halogens is 1. The number of methoxy groups -OCH3 is 2. The van der Waals surface area contributed by atoms with Crippen molar-refractivity contribution >= 4 is 34.2 Å². The Labute approximate surface area is 207 Å². The molecule has 0 atom stereocenters. The number of nitrogens with one attached hydrogen (secondary N) is 1. The predicted octanol–water partition coefficient (Wildman–Crippen LogP) is 5.76. The molecule has 1 N–H and O–H groups in total. The molecule has 0 bridgehead atoms. The molecule has 0 spiro atoms. The van der Waals surface area contributed by atoms with Crippen LogP contribution >= 0.6 is 11.6 Å². The van der Waals surface area contributed by atoms with Crippen LogP contribution in [0.1, 0.15) is 11.1 Å². The number of amides is 1. The lowest BCUT2D eigenvalue weighted by Crippen LogP contribution is -2.23. The molecule has 0 radical (unpaired) electrons. The van der Waals surface area contributed by atoms with E-state index in [1.54, 1.807) is 30.3 Å². The maximum atomic E-state index is 13.4. The van der Waals surface area contributed by atoms with E-state index in [1.807, 2.05) is 32.0 Å². The molecule has 0 saturated carbocycles. The molecule has 0 aliphatic rings. The quantitative estimate of drug-likeness (QED) is 0.352. The van der Waals surface area contributed by atoms with Crippen molar-refractivity contribution in [3.8, 4) is 28.6 Å². The van der Waals surface area contributed by atoms with Crippen LogP contribution in [0, 0.1) is 13.8 Å². The van der Waals surface area contributed by atoms with Gasteiger partial charge in [0.05, 0.1) is 19.6 Å². The van der Waals surface area contributed by atoms with Gasteiger partial charge in [-0.3, -0.25) is 9.59 Å². The molecule has 7 nitrogen and oxygen atoms in total. The van der Waals surface area contributed by atoms with E-state index in [4.69, 9.17) is 30.2 Å². The van der Waals surface area contributed by atoms with Gasteiger partial charge in [0.2, 0.25) is 11.2 Å². The summed E-state index contributed by atoms with van der Waals surface area (Å²) in [5.74, 6) is 0.595. The number of rotatable bonds is 7. The molecule has 4 rings (SSSR count). The average Bonchev–Trinajstić information content (AvgIpc) is 2.85. The molecule has 180 valence electrons. The highest BCUT2D eigenvalue weighted by Gasteiger charge is 2.21. The summed E-state index contributed by atoms with van der Waals surface area (Å²) >= 11 is 6.10. The maximum absolute atomic E-state index is 13.4. The minimum Gasteiger partial charge on any atom is -0.493 e. The molecule has 0 saturated heterocycles. The maximum Gasteiger partial charge on any atom is 0.262 e. The molecule has 1 aromatic heterocycles. The molecular formula is C27H24ClNO6. The average molecular weight is 494 g/mol. The van der Waals surface area contributed by atoms with Crippen LogP contribution in [0.2, 0.25) is 5.02 Å². The van der Waals surface area contributed by atoms with E-state index in [-0.39, 0.29) is 16.9 Å². The van der Waals surface area contributed by atoms with Crippen molar-refractivity contribution in [1.29, 1.82) is 0 Å². The normalized spacial score (nSPS) is 10.8. The number of hydrogen-bond donors (Lipinski definition) is 1. The predicted molar refractivity (Wildman–Crippen MR) is 136 cm³/mol. The Bertz CT molecular complexity index is 1480. The molecule has 4 aromatic rings.